The first-order valence-corrected chi connectivity index (χ1v) is 7.44. The average Bonchev–Trinajstić information content (AvgIpc) is 2.54. The van der Waals surface area contributed by atoms with Crippen molar-refractivity contribution in [2.75, 3.05) is 6.54 Å². The Morgan fingerprint density at radius 2 is 1.71 bits per heavy atom. The maximum absolute atomic E-state index is 13.1. The van der Waals surface area contributed by atoms with E-state index in [0.29, 0.717) is 19.0 Å². The van der Waals surface area contributed by atoms with Crippen molar-refractivity contribution in [2.45, 2.75) is 19.4 Å². The Morgan fingerprint density at radius 3 is 2.33 bits per heavy atom. The van der Waals surface area contributed by atoms with E-state index >= 15 is 0 Å². The summed E-state index contributed by atoms with van der Waals surface area (Å²) in [6.07, 6.45) is -0.429. The zero-order valence-electron chi connectivity index (χ0n) is 13.1. The number of carbonyl (C=O) groups excluding carboxylic acids is 2. The summed E-state index contributed by atoms with van der Waals surface area (Å²) in [5, 5.41) is 2.65. The molecule has 0 aliphatic carbocycles. The topological polar surface area (TPSA) is 55.4 Å². The molecule has 0 heterocycles. The van der Waals surface area contributed by atoms with E-state index in [2.05, 4.69) is 5.32 Å². The number of nitrogens with one attached hydrogen (secondary N) is 1. The van der Waals surface area contributed by atoms with Gasteiger partial charge in [-0.1, -0.05) is 30.3 Å². The number of benzene rings is 2. The van der Waals surface area contributed by atoms with Crippen molar-refractivity contribution < 1.29 is 23.1 Å². The second-order valence-electron chi connectivity index (χ2n) is 5.23. The number of esters is 1. The Labute approximate surface area is 138 Å². The number of amides is 1. The second-order valence-corrected chi connectivity index (χ2v) is 5.23. The monoisotopic (exact) mass is 333 g/mol. The van der Waals surface area contributed by atoms with Crippen LogP contribution in [0.4, 0.5) is 8.78 Å². The largest absolute Gasteiger partial charge is 0.449 e. The van der Waals surface area contributed by atoms with Crippen LogP contribution < -0.4 is 5.32 Å². The van der Waals surface area contributed by atoms with Gasteiger partial charge in [0, 0.05) is 12.6 Å². The summed E-state index contributed by atoms with van der Waals surface area (Å²) in [5.41, 5.74) is 0.786. The summed E-state index contributed by atoms with van der Waals surface area (Å²) < 4.78 is 31.1. The summed E-state index contributed by atoms with van der Waals surface area (Å²) >= 11 is 0. The van der Waals surface area contributed by atoms with Gasteiger partial charge in [0.2, 0.25) is 0 Å². The fourth-order valence-corrected chi connectivity index (χ4v) is 2.07. The average molecular weight is 333 g/mol. The molecule has 6 heteroatoms. The van der Waals surface area contributed by atoms with Crippen LogP contribution in [0, 0.1) is 11.6 Å². The first kappa shape index (κ1) is 17.6. The van der Waals surface area contributed by atoms with Crippen molar-refractivity contribution in [3.8, 4) is 0 Å². The van der Waals surface area contributed by atoms with Crippen LogP contribution in [-0.4, -0.2) is 24.5 Å². The van der Waals surface area contributed by atoms with Crippen LogP contribution in [-0.2, 0) is 16.0 Å². The van der Waals surface area contributed by atoms with Crippen LogP contribution in [0.15, 0.2) is 48.5 Å². The molecule has 1 atom stereocenters. The highest BCUT2D eigenvalue weighted by atomic mass is 19.1. The van der Waals surface area contributed by atoms with Crippen LogP contribution in [0.5, 0.6) is 0 Å². The number of rotatable bonds is 6. The highest BCUT2D eigenvalue weighted by Gasteiger charge is 2.19. The van der Waals surface area contributed by atoms with E-state index in [1.165, 1.54) is 6.92 Å². The molecule has 0 aromatic heterocycles. The number of ether oxygens (including phenoxy) is 1. The number of hydrogen-bond acceptors (Lipinski definition) is 3. The van der Waals surface area contributed by atoms with Gasteiger partial charge >= 0.3 is 5.97 Å². The molecule has 0 aliphatic rings. The lowest BCUT2D eigenvalue weighted by molar-refractivity contribution is -0.129. The lowest BCUT2D eigenvalue weighted by atomic mass is 10.1. The highest BCUT2D eigenvalue weighted by molar-refractivity contribution is 5.92. The molecule has 0 aliphatic heterocycles. The Morgan fingerprint density at radius 1 is 1.08 bits per heavy atom. The summed E-state index contributed by atoms with van der Waals surface area (Å²) in [4.78, 5) is 23.7. The van der Waals surface area contributed by atoms with E-state index in [0.717, 1.165) is 17.7 Å². The molecule has 126 valence electrons. The van der Waals surface area contributed by atoms with Crippen molar-refractivity contribution in [1.82, 2.24) is 5.32 Å². The lowest BCUT2D eigenvalue weighted by Crippen LogP contribution is -2.36. The van der Waals surface area contributed by atoms with Crippen LogP contribution in [0.1, 0.15) is 22.8 Å². The minimum atomic E-state index is -1.07. The predicted octanol–water partition coefficient (Wildman–Crippen LogP) is 2.87. The molecule has 4 nitrogen and oxygen atoms in total. The Hall–Kier alpha value is -2.76. The molecular formula is C18H17F2NO3. The molecule has 0 fully saturated rings. The van der Waals surface area contributed by atoms with E-state index < -0.39 is 29.6 Å². The molecule has 1 unspecified atom stereocenters. The Bertz CT molecular complexity index is 699. The van der Waals surface area contributed by atoms with Gasteiger partial charge in [-0.25, -0.2) is 13.6 Å². The van der Waals surface area contributed by atoms with Gasteiger partial charge in [-0.05, 0) is 31.0 Å². The van der Waals surface area contributed by atoms with Crippen LogP contribution in [0.25, 0.3) is 0 Å². The first-order chi connectivity index (χ1) is 11.5. The molecule has 0 radical (unpaired) electrons. The van der Waals surface area contributed by atoms with Gasteiger partial charge in [-0.3, -0.25) is 4.79 Å². The molecular weight excluding hydrogens is 316 g/mol. The van der Waals surface area contributed by atoms with Gasteiger partial charge in [-0.15, -0.1) is 0 Å². The number of carbonyl (C=O) groups is 2. The predicted molar refractivity (Wildman–Crippen MR) is 84.4 cm³/mol. The van der Waals surface area contributed by atoms with Crippen molar-refractivity contribution in [2.24, 2.45) is 0 Å². The van der Waals surface area contributed by atoms with E-state index in [-0.39, 0.29) is 5.56 Å². The highest BCUT2D eigenvalue weighted by Crippen LogP contribution is 2.10. The Kier molecular flexibility index (Phi) is 6.01. The van der Waals surface area contributed by atoms with E-state index in [9.17, 15) is 18.4 Å². The third-order valence-corrected chi connectivity index (χ3v) is 3.31. The molecule has 0 saturated heterocycles. The normalized spacial score (nSPS) is 11.6. The molecule has 2 rings (SSSR count). The van der Waals surface area contributed by atoms with Crippen molar-refractivity contribution in [3.05, 3.63) is 71.3 Å². The van der Waals surface area contributed by atoms with Gasteiger partial charge in [0.1, 0.15) is 11.6 Å². The molecule has 2 aromatic carbocycles. The summed E-state index contributed by atoms with van der Waals surface area (Å²) in [5.74, 6) is -3.21. The molecule has 2 aromatic rings. The van der Waals surface area contributed by atoms with Crippen LogP contribution in [0.2, 0.25) is 0 Å². The summed E-state index contributed by atoms with van der Waals surface area (Å²) in [6.45, 7) is 1.78. The molecule has 1 amide bonds. The maximum atomic E-state index is 13.1. The van der Waals surface area contributed by atoms with Crippen molar-refractivity contribution >= 4 is 11.9 Å². The first-order valence-electron chi connectivity index (χ1n) is 7.44. The fraction of sp³-hybridized carbons (Fsp3) is 0.222. The lowest BCUT2D eigenvalue weighted by Gasteiger charge is -2.13. The SMILES string of the molecule is CC(OC(=O)c1cc(F)cc(F)c1)C(=O)NCCc1ccccc1. The smallest absolute Gasteiger partial charge is 0.339 e. The van der Waals surface area contributed by atoms with Gasteiger partial charge in [0.25, 0.3) is 5.91 Å². The summed E-state index contributed by atoms with van der Waals surface area (Å²) in [7, 11) is 0. The molecule has 24 heavy (non-hydrogen) atoms. The molecule has 0 spiro atoms. The van der Waals surface area contributed by atoms with Gasteiger partial charge in [0.15, 0.2) is 6.10 Å². The minimum Gasteiger partial charge on any atom is -0.449 e. The minimum absolute atomic E-state index is 0.281. The van der Waals surface area contributed by atoms with Gasteiger partial charge in [0.05, 0.1) is 5.56 Å². The van der Waals surface area contributed by atoms with Crippen LogP contribution >= 0.6 is 0 Å². The quantitative estimate of drug-likeness (QED) is 0.827. The fourth-order valence-electron chi connectivity index (χ4n) is 2.07. The van der Waals surface area contributed by atoms with E-state index in [1.54, 1.807) is 0 Å². The number of halogens is 2. The number of hydrogen-bond donors (Lipinski definition) is 1. The van der Waals surface area contributed by atoms with Crippen LogP contribution in [0.3, 0.4) is 0 Å². The standard InChI is InChI=1S/C18H17F2NO3/c1-12(17(22)21-8-7-13-5-3-2-4-6-13)24-18(23)14-9-15(19)11-16(20)10-14/h2-6,9-12H,7-8H2,1H3,(H,21,22). The Balaban J connectivity index is 1.83. The second kappa shape index (κ2) is 8.19. The zero-order valence-corrected chi connectivity index (χ0v) is 13.1. The van der Waals surface area contributed by atoms with Gasteiger partial charge in [-0.2, -0.15) is 0 Å². The van der Waals surface area contributed by atoms with Gasteiger partial charge < -0.3 is 10.1 Å². The van der Waals surface area contributed by atoms with Crippen molar-refractivity contribution in [3.63, 3.8) is 0 Å². The maximum Gasteiger partial charge on any atom is 0.339 e. The molecule has 0 saturated carbocycles. The third-order valence-electron chi connectivity index (χ3n) is 3.31. The molecule has 0 bridgehead atoms. The zero-order chi connectivity index (χ0) is 17.5. The summed E-state index contributed by atoms with van der Waals surface area (Å²) in [6, 6.07) is 11.9. The van der Waals surface area contributed by atoms with E-state index in [1.807, 2.05) is 30.3 Å². The van der Waals surface area contributed by atoms with E-state index in [4.69, 9.17) is 4.74 Å². The third kappa shape index (κ3) is 5.15. The molecule has 1 N–H and O–H groups in total. The van der Waals surface area contributed by atoms with Crippen molar-refractivity contribution in [1.29, 1.82) is 0 Å².